The molecule has 0 fully saturated rings. The summed E-state index contributed by atoms with van der Waals surface area (Å²) in [6.45, 7) is 0. The molecule has 0 saturated heterocycles. The minimum atomic E-state index is -0.837. The molecule has 1 aliphatic carbocycles. The van der Waals surface area contributed by atoms with Crippen molar-refractivity contribution in [3.05, 3.63) is 46.5 Å². The van der Waals surface area contributed by atoms with E-state index in [0.717, 1.165) is 24.3 Å². The molecule has 0 unspecified atom stereocenters. The second-order valence-electron chi connectivity index (χ2n) is 4.37. The van der Waals surface area contributed by atoms with Crippen LogP contribution in [-0.2, 0) is 0 Å². The SMILES string of the molecule is O=C1c2c(O)ccc(O)c2C(=O)c2c(O)ccc(O)c21.[Pb]. The molecule has 1 aliphatic rings. The van der Waals surface area contributed by atoms with E-state index < -0.39 is 34.6 Å². The molecule has 0 spiro atoms. The summed E-state index contributed by atoms with van der Waals surface area (Å²) in [5.41, 5.74) is -1.54. The Morgan fingerprint density at radius 1 is 0.524 bits per heavy atom. The summed E-state index contributed by atoms with van der Waals surface area (Å²) >= 11 is 0. The maximum atomic E-state index is 12.3. The van der Waals surface area contributed by atoms with Crippen LogP contribution < -0.4 is 0 Å². The Kier molecular flexibility index (Phi) is 3.66. The molecule has 6 nitrogen and oxygen atoms in total. The molecule has 0 aliphatic heterocycles. The molecule has 0 amide bonds. The van der Waals surface area contributed by atoms with Crippen molar-refractivity contribution in [2.24, 2.45) is 0 Å². The van der Waals surface area contributed by atoms with Crippen molar-refractivity contribution in [3.63, 3.8) is 0 Å². The van der Waals surface area contributed by atoms with E-state index in [1.54, 1.807) is 0 Å². The molecule has 0 saturated carbocycles. The van der Waals surface area contributed by atoms with Gasteiger partial charge in [0, 0.05) is 27.3 Å². The van der Waals surface area contributed by atoms with Crippen LogP contribution in [0.3, 0.4) is 0 Å². The monoisotopic (exact) mass is 480 g/mol. The first-order chi connectivity index (χ1) is 9.43. The van der Waals surface area contributed by atoms with Crippen LogP contribution in [0.1, 0.15) is 31.8 Å². The van der Waals surface area contributed by atoms with Gasteiger partial charge in [0.05, 0.1) is 22.3 Å². The second kappa shape index (κ2) is 5.03. The summed E-state index contributed by atoms with van der Waals surface area (Å²) in [6.07, 6.45) is 0. The molecule has 0 aromatic heterocycles. The van der Waals surface area contributed by atoms with E-state index >= 15 is 0 Å². The van der Waals surface area contributed by atoms with Gasteiger partial charge in [-0.25, -0.2) is 0 Å². The number of aromatic hydroxyl groups is 4. The average molecular weight is 479 g/mol. The zero-order chi connectivity index (χ0) is 14.6. The number of carbonyl (C=O) groups excluding carboxylic acids is 2. The molecule has 4 radical (unpaired) electrons. The summed E-state index contributed by atoms with van der Waals surface area (Å²) in [5, 5.41) is 38.9. The van der Waals surface area contributed by atoms with E-state index in [1.807, 2.05) is 0 Å². The van der Waals surface area contributed by atoms with Gasteiger partial charge < -0.3 is 20.4 Å². The summed E-state index contributed by atoms with van der Waals surface area (Å²) in [6, 6.07) is 4.29. The first-order valence-electron chi connectivity index (χ1n) is 5.62. The van der Waals surface area contributed by atoms with Crippen LogP contribution in [0.4, 0.5) is 0 Å². The van der Waals surface area contributed by atoms with Crippen molar-refractivity contribution in [2.75, 3.05) is 0 Å². The van der Waals surface area contributed by atoms with Crippen LogP contribution >= 0.6 is 0 Å². The predicted molar refractivity (Wildman–Crippen MR) is 72.2 cm³/mol. The van der Waals surface area contributed by atoms with Gasteiger partial charge in [-0.3, -0.25) is 9.59 Å². The van der Waals surface area contributed by atoms with Crippen LogP contribution in [0.25, 0.3) is 0 Å². The smallest absolute Gasteiger partial charge is 0.202 e. The van der Waals surface area contributed by atoms with Crippen molar-refractivity contribution in [2.45, 2.75) is 0 Å². The van der Waals surface area contributed by atoms with E-state index in [0.29, 0.717) is 0 Å². The summed E-state index contributed by atoms with van der Waals surface area (Å²) in [5.74, 6) is -3.60. The molecule has 21 heavy (non-hydrogen) atoms. The number of benzene rings is 2. The normalized spacial score (nSPS) is 12.4. The number of rotatable bonds is 0. The van der Waals surface area contributed by atoms with Crippen LogP contribution in [0, 0.1) is 0 Å². The largest absolute Gasteiger partial charge is 0.507 e. The number of fused-ring (bicyclic) bond motifs is 2. The number of phenols is 4. The van der Waals surface area contributed by atoms with Gasteiger partial charge >= 0.3 is 0 Å². The van der Waals surface area contributed by atoms with E-state index in [9.17, 15) is 30.0 Å². The Morgan fingerprint density at radius 3 is 0.905 bits per heavy atom. The fourth-order valence-corrected chi connectivity index (χ4v) is 2.33. The summed E-state index contributed by atoms with van der Waals surface area (Å²) < 4.78 is 0. The van der Waals surface area contributed by atoms with Crippen molar-refractivity contribution < 1.29 is 30.0 Å². The minimum Gasteiger partial charge on any atom is -0.507 e. The summed E-state index contributed by atoms with van der Waals surface area (Å²) in [7, 11) is 0. The van der Waals surface area contributed by atoms with E-state index in [-0.39, 0.29) is 49.6 Å². The topological polar surface area (TPSA) is 115 Å². The van der Waals surface area contributed by atoms with Gasteiger partial charge in [-0.1, -0.05) is 0 Å². The number of ketones is 2. The third-order valence-electron chi connectivity index (χ3n) is 3.23. The van der Waals surface area contributed by atoms with Gasteiger partial charge in [0.15, 0.2) is 0 Å². The van der Waals surface area contributed by atoms with Crippen LogP contribution in [0.15, 0.2) is 24.3 Å². The molecule has 0 atom stereocenters. The Hall–Kier alpha value is -2.10. The zero-order valence-corrected chi connectivity index (χ0v) is 14.3. The number of hydrogen-bond acceptors (Lipinski definition) is 6. The number of carbonyl (C=O) groups is 2. The summed E-state index contributed by atoms with van der Waals surface area (Å²) in [4.78, 5) is 24.6. The fraction of sp³-hybridized carbons (Fsp3) is 0. The molecule has 3 rings (SSSR count). The molecule has 4 N–H and O–H groups in total. The quantitative estimate of drug-likeness (QED) is 0.282. The van der Waals surface area contributed by atoms with Crippen LogP contribution in [0.5, 0.6) is 23.0 Å². The van der Waals surface area contributed by atoms with E-state index in [1.165, 1.54) is 0 Å². The first kappa shape index (κ1) is 15.3. The van der Waals surface area contributed by atoms with E-state index in [4.69, 9.17) is 0 Å². The standard InChI is InChI=1S/C14H8O6.Pb/c15-5-1-2-6(16)10-9(5)13(19)11-7(17)3-4-8(18)12(11)14(10)20;/h1-4,15-18H;. The minimum absolute atomic E-state index is 0. The van der Waals surface area contributed by atoms with E-state index in [2.05, 4.69) is 0 Å². The maximum Gasteiger partial charge on any atom is 0.202 e. The fourth-order valence-electron chi connectivity index (χ4n) is 2.33. The molecule has 7 heteroatoms. The second-order valence-corrected chi connectivity index (χ2v) is 4.37. The van der Waals surface area contributed by atoms with Gasteiger partial charge in [-0.2, -0.15) is 0 Å². The van der Waals surface area contributed by atoms with Gasteiger partial charge in [-0.15, -0.1) is 0 Å². The predicted octanol–water partition coefficient (Wildman–Crippen LogP) is 0.904. The Balaban J connectivity index is 0.00000161. The van der Waals surface area contributed by atoms with Gasteiger partial charge in [-0.05, 0) is 24.3 Å². The van der Waals surface area contributed by atoms with Gasteiger partial charge in [0.25, 0.3) is 0 Å². The van der Waals surface area contributed by atoms with Crippen molar-refractivity contribution in [3.8, 4) is 23.0 Å². The number of phenolic OH excluding ortho intramolecular Hbond substituents is 4. The van der Waals surface area contributed by atoms with Gasteiger partial charge in [0.1, 0.15) is 23.0 Å². The van der Waals surface area contributed by atoms with Crippen LogP contribution in [-0.4, -0.2) is 59.3 Å². The van der Waals surface area contributed by atoms with Crippen molar-refractivity contribution >= 4 is 38.9 Å². The number of hydrogen-bond donors (Lipinski definition) is 4. The van der Waals surface area contributed by atoms with Crippen molar-refractivity contribution in [1.29, 1.82) is 0 Å². The Bertz CT molecular complexity index is 667. The zero-order valence-electron chi connectivity index (χ0n) is 10.4. The molecule has 2 aromatic rings. The first-order valence-corrected chi connectivity index (χ1v) is 5.62. The molecular weight excluding hydrogens is 471 g/mol. The van der Waals surface area contributed by atoms with Gasteiger partial charge in [0.2, 0.25) is 11.6 Å². The van der Waals surface area contributed by atoms with Crippen LogP contribution in [0.2, 0.25) is 0 Å². The molecule has 0 bridgehead atoms. The Labute approximate surface area is 138 Å². The Morgan fingerprint density at radius 2 is 0.714 bits per heavy atom. The van der Waals surface area contributed by atoms with Crippen molar-refractivity contribution in [1.82, 2.24) is 0 Å². The average Bonchev–Trinajstić information content (AvgIpc) is 2.41. The molecule has 104 valence electrons. The molecular formula is C14H8O6Pb. The molecule has 2 aromatic carbocycles. The third kappa shape index (κ3) is 1.97. The molecule has 0 heterocycles. The maximum absolute atomic E-state index is 12.3. The third-order valence-corrected chi connectivity index (χ3v) is 3.23.